The standard InChI is InChI=1S/C14H22N2O2/c1-4-9-15-13(14(17)18)10-16(3)12-7-5-11(2)6-8-12/h5-8,13,15H,4,9-10H2,1-3H3,(H,17,18). The van der Waals surface area contributed by atoms with Crippen LogP contribution >= 0.6 is 0 Å². The van der Waals surface area contributed by atoms with Crippen molar-refractivity contribution in [3.05, 3.63) is 29.8 Å². The highest BCUT2D eigenvalue weighted by atomic mass is 16.4. The number of carboxylic acid groups (broad SMARTS) is 1. The highest BCUT2D eigenvalue weighted by molar-refractivity contribution is 5.74. The Morgan fingerprint density at radius 1 is 1.39 bits per heavy atom. The minimum Gasteiger partial charge on any atom is -0.480 e. The second-order valence-electron chi connectivity index (χ2n) is 4.56. The highest BCUT2D eigenvalue weighted by Crippen LogP contribution is 2.13. The molecule has 0 aromatic heterocycles. The fraction of sp³-hybridized carbons (Fsp3) is 0.500. The van der Waals surface area contributed by atoms with E-state index in [1.54, 1.807) is 0 Å². The molecule has 0 fully saturated rings. The molecule has 0 aliphatic carbocycles. The number of benzene rings is 1. The van der Waals surface area contributed by atoms with Crippen molar-refractivity contribution in [3.63, 3.8) is 0 Å². The average Bonchev–Trinajstić information content (AvgIpc) is 2.34. The van der Waals surface area contributed by atoms with Crippen molar-refractivity contribution < 1.29 is 9.90 Å². The summed E-state index contributed by atoms with van der Waals surface area (Å²) >= 11 is 0. The summed E-state index contributed by atoms with van der Waals surface area (Å²) in [6, 6.07) is 7.54. The number of carbonyl (C=O) groups is 1. The zero-order chi connectivity index (χ0) is 13.5. The molecule has 0 amide bonds. The smallest absolute Gasteiger partial charge is 0.322 e. The topological polar surface area (TPSA) is 52.6 Å². The lowest BCUT2D eigenvalue weighted by Crippen LogP contribution is -2.45. The van der Waals surface area contributed by atoms with Crippen LogP contribution in [0.2, 0.25) is 0 Å². The Labute approximate surface area is 109 Å². The third kappa shape index (κ3) is 4.37. The van der Waals surface area contributed by atoms with Gasteiger partial charge in [-0.2, -0.15) is 0 Å². The van der Waals surface area contributed by atoms with E-state index in [9.17, 15) is 4.79 Å². The third-order valence-corrected chi connectivity index (χ3v) is 2.87. The van der Waals surface area contributed by atoms with Crippen molar-refractivity contribution >= 4 is 11.7 Å². The van der Waals surface area contributed by atoms with Crippen LogP contribution in [0.15, 0.2) is 24.3 Å². The Bertz CT molecular complexity index is 376. The predicted molar refractivity (Wildman–Crippen MR) is 74.2 cm³/mol. The van der Waals surface area contributed by atoms with Crippen LogP contribution in [0.3, 0.4) is 0 Å². The van der Waals surface area contributed by atoms with Gasteiger partial charge in [-0.15, -0.1) is 0 Å². The van der Waals surface area contributed by atoms with Crippen LogP contribution in [-0.4, -0.2) is 37.3 Å². The van der Waals surface area contributed by atoms with E-state index in [4.69, 9.17) is 5.11 Å². The average molecular weight is 250 g/mol. The van der Waals surface area contributed by atoms with Crippen molar-refractivity contribution in [1.29, 1.82) is 0 Å². The van der Waals surface area contributed by atoms with Gasteiger partial charge in [0.25, 0.3) is 0 Å². The summed E-state index contributed by atoms with van der Waals surface area (Å²) in [6.07, 6.45) is 0.929. The molecule has 1 rings (SSSR count). The fourth-order valence-electron chi connectivity index (χ4n) is 1.73. The lowest BCUT2D eigenvalue weighted by Gasteiger charge is -2.24. The summed E-state index contributed by atoms with van der Waals surface area (Å²) in [5.74, 6) is -0.803. The molecular weight excluding hydrogens is 228 g/mol. The number of carboxylic acids is 1. The van der Waals surface area contributed by atoms with Crippen molar-refractivity contribution in [2.45, 2.75) is 26.3 Å². The number of rotatable bonds is 7. The maximum absolute atomic E-state index is 11.1. The highest BCUT2D eigenvalue weighted by Gasteiger charge is 2.18. The van der Waals surface area contributed by atoms with E-state index in [2.05, 4.69) is 5.32 Å². The molecule has 0 spiro atoms. The number of likely N-dealkylation sites (N-methyl/N-ethyl adjacent to an activating group) is 1. The van der Waals surface area contributed by atoms with Gasteiger partial charge in [0.15, 0.2) is 0 Å². The van der Waals surface area contributed by atoms with Gasteiger partial charge >= 0.3 is 5.97 Å². The van der Waals surface area contributed by atoms with Gasteiger partial charge in [-0.3, -0.25) is 4.79 Å². The molecule has 0 heterocycles. The van der Waals surface area contributed by atoms with Crippen molar-refractivity contribution in [3.8, 4) is 0 Å². The summed E-state index contributed by atoms with van der Waals surface area (Å²) in [7, 11) is 1.91. The molecule has 4 nitrogen and oxygen atoms in total. The van der Waals surface area contributed by atoms with E-state index in [0.29, 0.717) is 6.54 Å². The second-order valence-corrected chi connectivity index (χ2v) is 4.56. The number of nitrogens with one attached hydrogen (secondary N) is 1. The Kier molecular flexibility index (Phi) is 5.65. The molecule has 0 saturated heterocycles. The summed E-state index contributed by atoms with van der Waals surface area (Å²) in [4.78, 5) is 13.1. The summed E-state index contributed by atoms with van der Waals surface area (Å²) < 4.78 is 0. The van der Waals surface area contributed by atoms with Crippen LogP contribution in [0.5, 0.6) is 0 Å². The van der Waals surface area contributed by atoms with Crippen LogP contribution < -0.4 is 10.2 Å². The lowest BCUT2D eigenvalue weighted by atomic mass is 10.2. The van der Waals surface area contributed by atoms with Crippen LogP contribution in [0.4, 0.5) is 5.69 Å². The zero-order valence-corrected chi connectivity index (χ0v) is 11.3. The van der Waals surface area contributed by atoms with Gasteiger partial charge in [-0.1, -0.05) is 24.6 Å². The van der Waals surface area contributed by atoms with Crippen molar-refractivity contribution in [2.24, 2.45) is 0 Å². The van der Waals surface area contributed by atoms with Gasteiger partial charge in [0, 0.05) is 19.3 Å². The molecule has 1 aromatic rings. The van der Waals surface area contributed by atoms with Crippen molar-refractivity contribution in [1.82, 2.24) is 5.32 Å². The predicted octanol–water partition coefficient (Wildman–Crippen LogP) is 1.88. The van der Waals surface area contributed by atoms with Crippen LogP contribution in [0.25, 0.3) is 0 Å². The van der Waals surface area contributed by atoms with E-state index in [1.807, 2.05) is 50.1 Å². The van der Waals surface area contributed by atoms with Gasteiger partial charge in [-0.05, 0) is 32.0 Å². The molecule has 1 atom stereocenters. The molecule has 2 N–H and O–H groups in total. The number of aryl methyl sites for hydroxylation is 1. The maximum atomic E-state index is 11.1. The van der Waals surface area contributed by atoms with E-state index >= 15 is 0 Å². The van der Waals surface area contributed by atoms with Gasteiger partial charge < -0.3 is 15.3 Å². The summed E-state index contributed by atoms with van der Waals surface area (Å²) in [5, 5.41) is 12.2. The number of anilines is 1. The normalized spacial score (nSPS) is 12.2. The van der Waals surface area contributed by atoms with Crippen molar-refractivity contribution in [2.75, 3.05) is 25.0 Å². The molecule has 0 radical (unpaired) electrons. The number of nitrogens with zero attached hydrogens (tertiary/aromatic N) is 1. The van der Waals surface area contributed by atoms with E-state index in [-0.39, 0.29) is 0 Å². The number of hydrogen-bond donors (Lipinski definition) is 2. The molecule has 0 saturated carbocycles. The summed E-state index contributed by atoms with van der Waals surface area (Å²) in [5.41, 5.74) is 2.23. The van der Waals surface area contributed by atoms with Crippen LogP contribution in [-0.2, 0) is 4.79 Å². The molecule has 1 aromatic carbocycles. The molecule has 100 valence electrons. The van der Waals surface area contributed by atoms with Gasteiger partial charge in [0.2, 0.25) is 0 Å². The number of aliphatic carboxylic acids is 1. The third-order valence-electron chi connectivity index (χ3n) is 2.87. The van der Waals surface area contributed by atoms with Crippen LogP contribution in [0.1, 0.15) is 18.9 Å². The lowest BCUT2D eigenvalue weighted by molar-refractivity contribution is -0.139. The Balaban J connectivity index is 2.62. The quantitative estimate of drug-likeness (QED) is 0.776. The first-order valence-electron chi connectivity index (χ1n) is 6.28. The largest absolute Gasteiger partial charge is 0.480 e. The Morgan fingerprint density at radius 2 is 2.00 bits per heavy atom. The summed E-state index contributed by atoms with van der Waals surface area (Å²) in [6.45, 7) is 5.24. The minimum absolute atomic E-state index is 0.457. The Hall–Kier alpha value is -1.55. The second kappa shape index (κ2) is 7.01. The molecule has 1 unspecified atom stereocenters. The zero-order valence-electron chi connectivity index (χ0n) is 11.3. The van der Waals surface area contributed by atoms with E-state index in [1.165, 1.54) is 5.56 Å². The molecular formula is C14H22N2O2. The van der Waals surface area contributed by atoms with Gasteiger partial charge in [-0.25, -0.2) is 0 Å². The molecule has 0 bridgehead atoms. The maximum Gasteiger partial charge on any atom is 0.322 e. The Morgan fingerprint density at radius 3 is 2.50 bits per heavy atom. The minimum atomic E-state index is -0.803. The first kappa shape index (κ1) is 14.5. The monoisotopic (exact) mass is 250 g/mol. The van der Waals surface area contributed by atoms with Gasteiger partial charge in [0.1, 0.15) is 6.04 Å². The molecule has 18 heavy (non-hydrogen) atoms. The van der Waals surface area contributed by atoms with Gasteiger partial charge in [0.05, 0.1) is 0 Å². The molecule has 0 aliphatic heterocycles. The fourth-order valence-corrected chi connectivity index (χ4v) is 1.73. The molecule has 0 aliphatic rings. The first-order chi connectivity index (χ1) is 8.54. The SMILES string of the molecule is CCCNC(CN(C)c1ccc(C)cc1)C(=O)O. The van der Waals surface area contributed by atoms with E-state index in [0.717, 1.165) is 18.7 Å². The number of hydrogen-bond acceptors (Lipinski definition) is 3. The molecule has 4 heteroatoms. The first-order valence-corrected chi connectivity index (χ1v) is 6.28. The van der Waals surface area contributed by atoms with E-state index < -0.39 is 12.0 Å². The van der Waals surface area contributed by atoms with Crippen LogP contribution in [0, 0.1) is 6.92 Å².